The molecule has 1 amide bonds. The van der Waals surface area contributed by atoms with E-state index in [1.54, 1.807) is 12.1 Å². The van der Waals surface area contributed by atoms with Crippen LogP contribution in [0.5, 0.6) is 11.5 Å². The summed E-state index contributed by atoms with van der Waals surface area (Å²) in [4.78, 5) is 11.8. The molecule has 116 valence electrons. The second-order valence-electron chi connectivity index (χ2n) is 5.35. The number of hydrogen-bond donors (Lipinski definition) is 2. The number of carbonyl (C=O) groups is 1. The van der Waals surface area contributed by atoms with Crippen LogP contribution in [0.15, 0.2) is 30.4 Å². The lowest BCUT2D eigenvalue weighted by molar-refractivity contribution is -0.116. The summed E-state index contributed by atoms with van der Waals surface area (Å²) in [5.74, 6) is 0.979. The lowest BCUT2D eigenvalue weighted by Gasteiger charge is -2.08. The molecule has 0 aliphatic heterocycles. The van der Waals surface area contributed by atoms with Crippen LogP contribution in [0.2, 0.25) is 0 Å². The highest BCUT2D eigenvalue weighted by molar-refractivity contribution is 5.91. The minimum Gasteiger partial charge on any atom is -0.504 e. The number of nitrogens with one attached hydrogen (secondary N) is 1. The summed E-state index contributed by atoms with van der Waals surface area (Å²) in [6.07, 6.45) is 7.74. The Labute approximate surface area is 126 Å². The third kappa shape index (κ3) is 6.84. The maximum absolute atomic E-state index is 11.8. The summed E-state index contributed by atoms with van der Waals surface area (Å²) >= 11 is 0. The summed E-state index contributed by atoms with van der Waals surface area (Å²) in [7, 11) is 1.48. The zero-order chi connectivity index (χ0) is 15.7. The van der Waals surface area contributed by atoms with Crippen LogP contribution in [0.1, 0.15) is 39.5 Å². The molecule has 0 radical (unpaired) electrons. The SMILES string of the molecule is COc1cc(NC(=O)CCCC/C=C/C(C)C)ccc1O. The Balaban J connectivity index is 2.31. The van der Waals surface area contributed by atoms with Gasteiger partial charge in [-0.2, -0.15) is 0 Å². The minimum absolute atomic E-state index is 0.0180. The topological polar surface area (TPSA) is 58.6 Å². The third-order valence-corrected chi connectivity index (χ3v) is 3.01. The summed E-state index contributed by atoms with van der Waals surface area (Å²) in [5.41, 5.74) is 0.634. The number of benzene rings is 1. The Bertz CT molecular complexity index is 481. The van der Waals surface area contributed by atoms with Crippen molar-refractivity contribution in [2.24, 2.45) is 5.92 Å². The Hall–Kier alpha value is -1.97. The number of rotatable bonds is 8. The molecule has 0 heterocycles. The van der Waals surface area contributed by atoms with Gasteiger partial charge in [-0.3, -0.25) is 4.79 Å². The molecule has 0 atom stereocenters. The molecule has 1 aromatic rings. The van der Waals surface area contributed by atoms with Crippen LogP contribution in [0.25, 0.3) is 0 Å². The number of ether oxygens (including phenoxy) is 1. The van der Waals surface area contributed by atoms with E-state index in [0.29, 0.717) is 23.8 Å². The van der Waals surface area contributed by atoms with E-state index in [4.69, 9.17) is 4.74 Å². The average Bonchev–Trinajstić information content (AvgIpc) is 2.44. The monoisotopic (exact) mass is 291 g/mol. The minimum atomic E-state index is -0.0180. The van der Waals surface area contributed by atoms with E-state index in [1.807, 2.05) is 0 Å². The zero-order valence-electron chi connectivity index (χ0n) is 13.1. The molecule has 0 aromatic heterocycles. The van der Waals surface area contributed by atoms with Crippen LogP contribution in [-0.2, 0) is 4.79 Å². The molecule has 0 bridgehead atoms. The van der Waals surface area contributed by atoms with Crippen molar-refractivity contribution >= 4 is 11.6 Å². The van der Waals surface area contributed by atoms with Crippen molar-refractivity contribution in [2.75, 3.05) is 12.4 Å². The van der Waals surface area contributed by atoms with Crippen LogP contribution in [-0.4, -0.2) is 18.1 Å². The lowest BCUT2D eigenvalue weighted by Crippen LogP contribution is -2.11. The van der Waals surface area contributed by atoms with Gasteiger partial charge in [0.25, 0.3) is 0 Å². The second kappa shape index (κ2) is 9.06. The molecular formula is C17H25NO3. The smallest absolute Gasteiger partial charge is 0.224 e. The first kappa shape index (κ1) is 17.1. The molecule has 1 rings (SSSR count). The van der Waals surface area contributed by atoms with E-state index in [2.05, 4.69) is 31.3 Å². The highest BCUT2D eigenvalue weighted by atomic mass is 16.5. The number of aromatic hydroxyl groups is 1. The largest absolute Gasteiger partial charge is 0.504 e. The third-order valence-electron chi connectivity index (χ3n) is 3.01. The number of allylic oxidation sites excluding steroid dienone is 2. The first-order valence-corrected chi connectivity index (χ1v) is 7.36. The van der Waals surface area contributed by atoms with Crippen LogP contribution in [0, 0.1) is 5.92 Å². The fraction of sp³-hybridized carbons (Fsp3) is 0.471. The van der Waals surface area contributed by atoms with Crippen LogP contribution in [0.3, 0.4) is 0 Å². The molecule has 1 aromatic carbocycles. The first-order chi connectivity index (χ1) is 10.0. The molecule has 4 nitrogen and oxygen atoms in total. The number of anilines is 1. The number of methoxy groups -OCH3 is 1. The van der Waals surface area contributed by atoms with E-state index in [1.165, 1.54) is 13.2 Å². The maximum Gasteiger partial charge on any atom is 0.224 e. The van der Waals surface area contributed by atoms with E-state index < -0.39 is 0 Å². The maximum atomic E-state index is 11.8. The van der Waals surface area contributed by atoms with Gasteiger partial charge >= 0.3 is 0 Å². The van der Waals surface area contributed by atoms with Gasteiger partial charge in [-0.25, -0.2) is 0 Å². The number of hydrogen-bond acceptors (Lipinski definition) is 3. The predicted molar refractivity (Wildman–Crippen MR) is 85.7 cm³/mol. The van der Waals surface area contributed by atoms with Gasteiger partial charge in [-0.1, -0.05) is 26.0 Å². The molecule has 0 spiro atoms. The van der Waals surface area contributed by atoms with Gasteiger partial charge in [-0.15, -0.1) is 0 Å². The molecule has 2 N–H and O–H groups in total. The molecule has 0 saturated heterocycles. The van der Waals surface area contributed by atoms with Gasteiger partial charge in [0.15, 0.2) is 11.5 Å². The van der Waals surface area contributed by atoms with Crippen LogP contribution >= 0.6 is 0 Å². The molecule has 0 saturated carbocycles. The quantitative estimate of drug-likeness (QED) is 0.430. The first-order valence-electron chi connectivity index (χ1n) is 7.36. The van der Waals surface area contributed by atoms with Crippen molar-refractivity contribution in [3.63, 3.8) is 0 Å². The van der Waals surface area contributed by atoms with Gasteiger partial charge in [0, 0.05) is 18.2 Å². The second-order valence-corrected chi connectivity index (χ2v) is 5.35. The van der Waals surface area contributed by atoms with Gasteiger partial charge in [0.2, 0.25) is 5.91 Å². The van der Waals surface area contributed by atoms with Gasteiger partial charge in [-0.05, 0) is 37.3 Å². The molecule has 0 aliphatic rings. The van der Waals surface area contributed by atoms with Crippen molar-refractivity contribution in [1.29, 1.82) is 0 Å². The molecule has 4 heteroatoms. The van der Waals surface area contributed by atoms with Crippen molar-refractivity contribution < 1.29 is 14.6 Å². The highest BCUT2D eigenvalue weighted by Crippen LogP contribution is 2.28. The number of phenols is 1. The van der Waals surface area contributed by atoms with Crippen molar-refractivity contribution in [1.82, 2.24) is 0 Å². The Morgan fingerprint density at radius 3 is 2.81 bits per heavy atom. The molecular weight excluding hydrogens is 266 g/mol. The Morgan fingerprint density at radius 1 is 1.38 bits per heavy atom. The highest BCUT2D eigenvalue weighted by Gasteiger charge is 2.06. The number of phenolic OH excluding ortho intramolecular Hbond substituents is 1. The summed E-state index contributed by atoms with van der Waals surface area (Å²) in [6.45, 7) is 4.30. The summed E-state index contributed by atoms with van der Waals surface area (Å²) in [5, 5.41) is 12.3. The molecule has 0 aliphatic carbocycles. The van der Waals surface area contributed by atoms with E-state index in [0.717, 1.165) is 19.3 Å². The molecule has 0 unspecified atom stereocenters. The van der Waals surface area contributed by atoms with E-state index in [-0.39, 0.29) is 11.7 Å². The van der Waals surface area contributed by atoms with Gasteiger partial charge in [0.05, 0.1) is 7.11 Å². The summed E-state index contributed by atoms with van der Waals surface area (Å²) in [6, 6.07) is 4.77. The summed E-state index contributed by atoms with van der Waals surface area (Å²) < 4.78 is 5.00. The van der Waals surface area contributed by atoms with Crippen molar-refractivity contribution in [3.05, 3.63) is 30.4 Å². The Morgan fingerprint density at radius 2 is 2.14 bits per heavy atom. The lowest BCUT2D eigenvalue weighted by atomic mass is 10.1. The molecule has 21 heavy (non-hydrogen) atoms. The fourth-order valence-corrected chi connectivity index (χ4v) is 1.90. The Kier molecular flexibility index (Phi) is 7.37. The van der Waals surface area contributed by atoms with Gasteiger partial charge in [0.1, 0.15) is 0 Å². The standard InChI is InChI=1S/C17H25NO3/c1-13(2)8-6-4-5-7-9-17(20)18-14-10-11-15(19)16(12-14)21-3/h6,8,10-13,19H,4-5,7,9H2,1-3H3,(H,18,20)/b8-6+. The van der Waals surface area contributed by atoms with Gasteiger partial charge < -0.3 is 15.2 Å². The van der Waals surface area contributed by atoms with Crippen LogP contribution < -0.4 is 10.1 Å². The zero-order valence-corrected chi connectivity index (χ0v) is 13.1. The predicted octanol–water partition coefficient (Wildman–Crippen LogP) is 4.11. The average molecular weight is 291 g/mol. The van der Waals surface area contributed by atoms with Crippen molar-refractivity contribution in [3.8, 4) is 11.5 Å². The number of amides is 1. The number of carbonyl (C=O) groups excluding carboxylic acids is 1. The van der Waals surface area contributed by atoms with E-state index >= 15 is 0 Å². The van der Waals surface area contributed by atoms with Crippen molar-refractivity contribution in [2.45, 2.75) is 39.5 Å². The van der Waals surface area contributed by atoms with E-state index in [9.17, 15) is 9.90 Å². The molecule has 0 fully saturated rings. The van der Waals surface area contributed by atoms with Crippen LogP contribution in [0.4, 0.5) is 5.69 Å². The normalized spacial score (nSPS) is 11.0. The number of unbranched alkanes of at least 4 members (excludes halogenated alkanes) is 2. The fourth-order valence-electron chi connectivity index (χ4n) is 1.90.